The zero-order valence-corrected chi connectivity index (χ0v) is 15.7. The fourth-order valence-corrected chi connectivity index (χ4v) is 3.20. The summed E-state index contributed by atoms with van der Waals surface area (Å²) in [5, 5.41) is 3.50. The van der Waals surface area contributed by atoms with Gasteiger partial charge in [0.1, 0.15) is 5.82 Å². The molecule has 1 atom stereocenters. The molecule has 8 heteroatoms. The van der Waals surface area contributed by atoms with Gasteiger partial charge in [-0.15, -0.1) is 0 Å². The number of carbonyl (C=O) groups is 1. The van der Waals surface area contributed by atoms with Crippen LogP contribution in [0.15, 0.2) is 34.2 Å². The predicted octanol–water partition coefficient (Wildman–Crippen LogP) is 2.49. The summed E-state index contributed by atoms with van der Waals surface area (Å²) in [5.74, 6) is 0.574. The van der Waals surface area contributed by atoms with E-state index in [9.17, 15) is 9.59 Å². The van der Waals surface area contributed by atoms with Crippen LogP contribution in [0.2, 0.25) is 0 Å². The van der Waals surface area contributed by atoms with Gasteiger partial charge in [-0.1, -0.05) is 23.9 Å². The van der Waals surface area contributed by atoms with Crippen LogP contribution in [-0.2, 0) is 11.2 Å². The van der Waals surface area contributed by atoms with Crippen LogP contribution in [0, 0.1) is 6.92 Å². The van der Waals surface area contributed by atoms with Crippen molar-refractivity contribution in [2.75, 3.05) is 6.26 Å². The molecule has 0 bridgehead atoms. The van der Waals surface area contributed by atoms with E-state index < -0.39 is 0 Å². The average molecular weight is 371 g/mol. The summed E-state index contributed by atoms with van der Waals surface area (Å²) in [4.78, 5) is 39.1. The highest BCUT2D eigenvalue weighted by Crippen LogP contribution is 2.16. The largest absolute Gasteiger partial charge is 0.346 e. The first kappa shape index (κ1) is 18.2. The molecule has 0 aliphatic heterocycles. The van der Waals surface area contributed by atoms with Crippen molar-refractivity contribution in [3.8, 4) is 0 Å². The van der Waals surface area contributed by atoms with Crippen LogP contribution in [0.5, 0.6) is 0 Å². The Labute approximate surface area is 155 Å². The molecule has 2 aromatic heterocycles. The molecule has 1 aromatic carbocycles. The lowest BCUT2D eigenvalue weighted by atomic mass is 10.1. The molecule has 3 aromatic rings. The topological polar surface area (TPSA) is 104 Å². The number of hydrogen-bond acceptors (Lipinski definition) is 5. The van der Waals surface area contributed by atoms with Crippen molar-refractivity contribution in [3.05, 3.63) is 51.7 Å². The number of carbonyl (C=O) groups excluding carboxylic acids is 1. The Hall–Kier alpha value is -2.61. The van der Waals surface area contributed by atoms with E-state index in [-0.39, 0.29) is 23.9 Å². The Bertz CT molecular complexity index is 962. The van der Waals surface area contributed by atoms with Gasteiger partial charge in [0.2, 0.25) is 5.91 Å². The molecular weight excluding hydrogens is 350 g/mol. The molecule has 136 valence electrons. The van der Waals surface area contributed by atoms with Gasteiger partial charge < -0.3 is 15.3 Å². The van der Waals surface area contributed by atoms with E-state index in [0.717, 1.165) is 11.0 Å². The summed E-state index contributed by atoms with van der Waals surface area (Å²) < 4.78 is 0. The van der Waals surface area contributed by atoms with Gasteiger partial charge in [-0.05, 0) is 38.7 Å². The van der Waals surface area contributed by atoms with Crippen LogP contribution < -0.4 is 10.9 Å². The Kier molecular flexibility index (Phi) is 5.41. The maximum Gasteiger partial charge on any atom is 0.254 e. The van der Waals surface area contributed by atoms with Crippen LogP contribution in [0.1, 0.15) is 36.5 Å². The molecule has 1 amide bonds. The summed E-state index contributed by atoms with van der Waals surface area (Å²) in [7, 11) is 0. The molecule has 3 rings (SSSR count). The number of imidazole rings is 1. The lowest BCUT2D eigenvalue weighted by Crippen LogP contribution is -2.28. The van der Waals surface area contributed by atoms with Crippen LogP contribution in [-0.4, -0.2) is 32.1 Å². The molecule has 0 aliphatic carbocycles. The van der Waals surface area contributed by atoms with Gasteiger partial charge in [-0.2, -0.15) is 0 Å². The Morgan fingerprint density at radius 3 is 2.73 bits per heavy atom. The molecule has 7 nitrogen and oxygen atoms in total. The van der Waals surface area contributed by atoms with Crippen molar-refractivity contribution in [1.29, 1.82) is 0 Å². The highest BCUT2D eigenvalue weighted by Gasteiger charge is 2.15. The van der Waals surface area contributed by atoms with E-state index in [1.54, 1.807) is 6.92 Å². The number of H-pyrrole nitrogens is 2. The second-order valence-corrected chi connectivity index (χ2v) is 6.86. The molecule has 0 fully saturated rings. The third-order valence-electron chi connectivity index (χ3n) is 4.19. The molecule has 0 aliphatic rings. The fraction of sp³-hybridized carbons (Fsp3) is 0.333. The number of nitrogens with one attached hydrogen (secondary N) is 3. The van der Waals surface area contributed by atoms with Gasteiger partial charge in [0, 0.05) is 17.7 Å². The number of rotatable bonds is 6. The monoisotopic (exact) mass is 371 g/mol. The summed E-state index contributed by atoms with van der Waals surface area (Å²) in [6.45, 7) is 3.67. The Morgan fingerprint density at radius 1 is 1.27 bits per heavy atom. The minimum atomic E-state index is -0.244. The molecule has 0 saturated carbocycles. The zero-order valence-electron chi connectivity index (χ0n) is 14.9. The lowest BCUT2D eigenvalue weighted by Gasteiger charge is -2.12. The third-order valence-corrected chi connectivity index (χ3v) is 4.77. The van der Waals surface area contributed by atoms with E-state index in [2.05, 4.69) is 25.3 Å². The average Bonchev–Trinajstić information content (AvgIpc) is 3.05. The highest BCUT2D eigenvalue weighted by atomic mass is 32.2. The smallest absolute Gasteiger partial charge is 0.254 e. The van der Waals surface area contributed by atoms with Crippen LogP contribution >= 0.6 is 11.8 Å². The molecule has 3 N–H and O–H groups in total. The SMILES string of the molecule is CSc1nc(C)c(CCC(=O)NC(C)c2nc3ccccc3[nH]2)c(=O)[nH]1. The minimum Gasteiger partial charge on any atom is -0.346 e. The second-order valence-electron chi connectivity index (χ2n) is 6.07. The first-order valence-corrected chi connectivity index (χ1v) is 9.58. The molecule has 0 saturated heterocycles. The van der Waals surface area contributed by atoms with E-state index >= 15 is 0 Å². The van der Waals surface area contributed by atoms with Gasteiger partial charge in [0.05, 0.1) is 17.1 Å². The Morgan fingerprint density at radius 2 is 2.04 bits per heavy atom. The number of amides is 1. The van der Waals surface area contributed by atoms with E-state index in [4.69, 9.17) is 0 Å². The van der Waals surface area contributed by atoms with Crippen molar-refractivity contribution in [1.82, 2.24) is 25.3 Å². The first-order chi connectivity index (χ1) is 12.5. The van der Waals surface area contributed by atoms with Crippen LogP contribution in [0.3, 0.4) is 0 Å². The first-order valence-electron chi connectivity index (χ1n) is 8.35. The number of aromatic amines is 2. The maximum atomic E-state index is 12.3. The van der Waals surface area contributed by atoms with Crippen molar-refractivity contribution in [3.63, 3.8) is 0 Å². The van der Waals surface area contributed by atoms with Crippen LogP contribution in [0.4, 0.5) is 0 Å². The van der Waals surface area contributed by atoms with Crippen molar-refractivity contribution >= 4 is 28.7 Å². The van der Waals surface area contributed by atoms with E-state index in [0.29, 0.717) is 28.7 Å². The number of fused-ring (bicyclic) bond motifs is 1. The highest BCUT2D eigenvalue weighted by molar-refractivity contribution is 7.98. The number of hydrogen-bond donors (Lipinski definition) is 3. The Balaban J connectivity index is 1.63. The number of aryl methyl sites for hydroxylation is 1. The quantitative estimate of drug-likeness (QED) is 0.456. The van der Waals surface area contributed by atoms with Gasteiger partial charge in [0.25, 0.3) is 5.56 Å². The molecule has 2 heterocycles. The molecule has 1 unspecified atom stereocenters. The number of thioether (sulfide) groups is 1. The summed E-state index contributed by atoms with van der Waals surface area (Å²) in [6, 6.07) is 7.48. The summed E-state index contributed by atoms with van der Waals surface area (Å²) in [5.41, 5.74) is 2.84. The normalized spacial score (nSPS) is 12.3. The third kappa shape index (κ3) is 3.96. The standard InChI is InChI=1S/C18H21N5O2S/c1-10-12(17(25)23-18(20-10)26-3)8-9-15(24)19-11(2)16-21-13-6-4-5-7-14(13)22-16/h4-7,11H,8-9H2,1-3H3,(H,19,24)(H,21,22)(H,20,23,25). The zero-order chi connectivity index (χ0) is 18.7. The fourth-order valence-electron chi connectivity index (χ4n) is 2.77. The van der Waals surface area contributed by atoms with Crippen molar-refractivity contribution in [2.24, 2.45) is 0 Å². The van der Waals surface area contributed by atoms with E-state index in [1.165, 1.54) is 11.8 Å². The van der Waals surface area contributed by atoms with Gasteiger partial charge in [-0.3, -0.25) is 9.59 Å². The van der Waals surface area contributed by atoms with Gasteiger partial charge in [-0.25, -0.2) is 9.97 Å². The predicted molar refractivity (Wildman–Crippen MR) is 102 cm³/mol. The second kappa shape index (κ2) is 7.74. The van der Waals surface area contributed by atoms with Gasteiger partial charge in [0.15, 0.2) is 5.16 Å². The minimum absolute atomic E-state index is 0.134. The lowest BCUT2D eigenvalue weighted by molar-refractivity contribution is -0.121. The number of benzene rings is 1. The molecule has 0 spiro atoms. The molecular formula is C18H21N5O2S. The van der Waals surface area contributed by atoms with Crippen molar-refractivity contribution in [2.45, 2.75) is 37.9 Å². The number of aromatic nitrogens is 4. The summed E-state index contributed by atoms with van der Waals surface area (Å²) >= 11 is 1.38. The molecule has 0 radical (unpaired) electrons. The molecule has 26 heavy (non-hydrogen) atoms. The van der Waals surface area contributed by atoms with Crippen molar-refractivity contribution < 1.29 is 4.79 Å². The summed E-state index contributed by atoms with van der Waals surface area (Å²) in [6.07, 6.45) is 2.42. The number of nitrogens with zero attached hydrogens (tertiary/aromatic N) is 2. The number of para-hydroxylation sites is 2. The maximum absolute atomic E-state index is 12.3. The van der Waals surface area contributed by atoms with E-state index in [1.807, 2.05) is 37.4 Å². The van der Waals surface area contributed by atoms with Gasteiger partial charge >= 0.3 is 0 Å². The van der Waals surface area contributed by atoms with Crippen LogP contribution in [0.25, 0.3) is 11.0 Å².